The number of carbonyl (C=O) groups is 1. The Morgan fingerprint density at radius 1 is 1.25 bits per heavy atom. The Morgan fingerprint density at radius 3 is 2.84 bits per heavy atom. The molecular formula is C23H25ClN6OS. The van der Waals surface area contributed by atoms with E-state index in [-0.39, 0.29) is 5.91 Å². The maximum Gasteiger partial charge on any atom is 0.273 e. The molecule has 0 bridgehead atoms. The SMILES string of the molecule is Cc1ccc(-n2nnc(C(=O)NCCC3=CCCCC3)c2CSc2ncccn2)cc1Cl. The summed E-state index contributed by atoms with van der Waals surface area (Å²) in [6.07, 6.45) is 11.3. The number of nitrogens with zero attached hydrogens (tertiary/aromatic N) is 5. The Bertz CT molecular complexity index is 1110. The van der Waals surface area contributed by atoms with Gasteiger partial charge in [0.15, 0.2) is 10.9 Å². The molecule has 0 spiro atoms. The van der Waals surface area contributed by atoms with Gasteiger partial charge in [0.25, 0.3) is 5.91 Å². The lowest BCUT2D eigenvalue weighted by molar-refractivity contribution is 0.0948. The number of aryl methyl sites for hydroxylation is 1. The van der Waals surface area contributed by atoms with E-state index in [0.717, 1.165) is 30.5 Å². The molecule has 166 valence electrons. The van der Waals surface area contributed by atoms with Crippen LogP contribution in [0.3, 0.4) is 0 Å². The van der Waals surface area contributed by atoms with E-state index in [2.05, 4.69) is 31.7 Å². The summed E-state index contributed by atoms with van der Waals surface area (Å²) in [5, 5.41) is 12.7. The van der Waals surface area contributed by atoms with Gasteiger partial charge >= 0.3 is 0 Å². The largest absolute Gasteiger partial charge is 0.350 e. The zero-order chi connectivity index (χ0) is 22.3. The Hall–Kier alpha value is -2.71. The van der Waals surface area contributed by atoms with Crippen molar-refractivity contribution in [3.8, 4) is 5.69 Å². The second-order valence-electron chi connectivity index (χ2n) is 7.66. The van der Waals surface area contributed by atoms with E-state index in [1.807, 2.05) is 25.1 Å². The Kier molecular flexibility index (Phi) is 7.55. The van der Waals surface area contributed by atoms with Crippen molar-refractivity contribution < 1.29 is 4.79 Å². The zero-order valence-corrected chi connectivity index (χ0v) is 19.5. The number of hydrogen-bond donors (Lipinski definition) is 1. The predicted molar refractivity (Wildman–Crippen MR) is 126 cm³/mol. The molecule has 1 aliphatic carbocycles. The van der Waals surface area contributed by atoms with Crippen molar-refractivity contribution >= 4 is 29.3 Å². The lowest BCUT2D eigenvalue weighted by atomic mass is 9.97. The first kappa shape index (κ1) is 22.5. The number of halogens is 1. The lowest BCUT2D eigenvalue weighted by Crippen LogP contribution is -2.26. The fraction of sp³-hybridized carbons (Fsp3) is 0.348. The molecule has 0 saturated carbocycles. The standard InChI is InChI=1S/C23H25ClN6OS/c1-16-8-9-18(14-19(16)24)30-20(15-32-23-26-11-5-12-27-23)21(28-29-30)22(31)25-13-10-17-6-3-2-4-7-17/h5-6,8-9,11-12,14H,2-4,7,10,13,15H2,1H3,(H,25,31). The van der Waals surface area contributed by atoms with Crippen LogP contribution in [0, 0.1) is 6.92 Å². The number of benzene rings is 1. The molecule has 2 heterocycles. The number of aromatic nitrogens is 5. The minimum absolute atomic E-state index is 0.226. The van der Waals surface area contributed by atoms with E-state index in [0.29, 0.717) is 33.9 Å². The summed E-state index contributed by atoms with van der Waals surface area (Å²) >= 11 is 7.76. The number of carbonyl (C=O) groups excluding carboxylic acids is 1. The molecule has 0 atom stereocenters. The molecule has 1 N–H and O–H groups in total. The molecule has 1 amide bonds. The van der Waals surface area contributed by atoms with Crippen LogP contribution in [0.2, 0.25) is 5.02 Å². The summed E-state index contributed by atoms with van der Waals surface area (Å²) in [5.41, 5.74) is 4.13. The highest BCUT2D eigenvalue weighted by Gasteiger charge is 2.21. The lowest BCUT2D eigenvalue weighted by Gasteiger charge is -2.13. The van der Waals surface area contributed by atoms with Crippen LogP contribution in [0.5, 0.6) is 0 Å². The maximum absolute atomic E-state index is 13.0. The van der Waals surface area contributed by atoms with E-state index in [4.69, 9.17) is 11.6 Å². The summed E-state index contributed by atoms with van der Waals surface area (Å²) in [6.45, 7) is 2.53. The molecule has 0 aliphatic heterocycles. The molecule has 7 nitrogen and oxygen atoms in total. The van der Waals surface area contributed by atoms with E-state index in [9.17, 15) is 4.79 Å². The molecule has 1 aromatic carbocycles. The van der Waals surface area contributed by atoms with E-state index < -0.39 is 0 Å². The molecule has 3 aromatic rings. The van der Waals surface area contributed by atoms with Crippen molar-refractivity contribution in [2.75, 3.05) is 6.54 Å². The highest BCUT2D eigenvalue weighted by molar-refractivity contribution is 7.98. The van der Waals surface area contributed by atoms with Crippen LogP contribution < -0.4 is 5.32 Å². The number of allylic oxidation sites excluding steroid dienone is 1. The third kappa shape index (κ3) is 5.55. The monoisotopic (exact) mass is 468 g/mol. The van der Waals surface area contributed by atoms with Crippen LogP contribution in [0.25, 0.3) is 5.69 Å². The van der Waals surface area contributed by atoms with E-state index in [1.165, 1.54) is 30.2 Å². The summed E-state index contributed by atoms with van der Waals surface area (Å²) in [7, 11) is 0. The molecule has 0 fully saturated rings. The maximum atomic E-state index is 13.0. The summed E-state index contributed by atoms with van der Waals surface area (Å²) in [6, 6.07) is 7.44. The molecule has 0 saturated heterocycles. The van der Waals surface area contributed by atoms with Crippen LogP contribution >= 0.6 is 23.4 Å². The molecule has 32 heavy (non-hydrogen) atoms. The fourth-order valence-electron chi connectivity index (χ4n) is 3.57. The third-order valence-corrected chi connectivity index (χ3v) is 6.67. The minimum Gasteiger partial charge on any atom is -0.350 e. The smallest absolute Gasteiger partial charge is 0.273 e. The van der Waals surface area contributed by atoms with Crippen LogP contribution in [0.15, 0.2) is 53.5 Å². The van der Waals surface area contributed by atoms with Crippen LogP contribution in [-0.2, 0) is 5.75 Å². The van der Waals surface area contributed by atoms with Gasteiger partial charge in [0.1, 0.15) is 0 Å². The van der Waals surface area contributed by atoms with E-state index in [1.54, 1.807) is 23.1 Å². The highest BCUT2D eigenvalue weighted by atomic mass is 35.5. The average molecular weight is 469 g/mol. The second kappa shape index (κ2) is 10.7. The molecule has 0 unspecified atom stereocenters. The van der Waals surface area contributed by atoms with Gasteiger partial charge in [0, 0.05) is 29.7 Å². The van der Waals surface area contributed by atoms with Crippen molar-refractivity contribution in [1.29, 1.82) is 0 Å². The minimum atomic E-state index is -0.226. The van der Waals surface area contributed by atoms with Gasteiger partial charge < -0.3 is 5.32 Å². The van der Waals surface area contributed by atoms with Gasteiger partial charge in [-0.25, -0.2) is 14.6 Å². The Balaban J connectivity index is 1.54. The molecular weight excluding hydrogens is 444 g/mol. The number of nitrogens with one attached hydrogen (secondary N) is 1. The number of hydrogen-bond acceptors (Lipinski definition) is 6. The average Bonchev–Trinajstić information content (AvgIpc) is 3.25. The zero-order valence-electron chi connectivity index (χ0n) is 17.9. The third-order valence-electron chi connectivity index (χ3n) is 5.38. The van der Waals surface area contributed by atoms with Gasteiger partial charge in [0.2, 0.25) is 0 Å². The van der Waals surface area contributed by atoms with Gasteiger partial charge in [-0.2, -0.15) is 0 Å². The first-order valence-corrected chi connectivity index (χ1v) is 12.0. The van der Waals surface area contributed by atoms with E-state index >= 15 is 0 Å². The summed E-state index contributed by atoms with van der Waals surface area (Å²) in [4.78, 5) is 21.5. The topological polar surface area (TPSA) is 85.6 Å². The van der Waals surface area contributed by atoms with Crippen LogP contribution in [-0.4, -0.2) is 37.4 Å². The van der Waals surface area contributed by atoms with Crippen molar-refractivity contribution in [3.63, 3.8) is 0 Å². The quantitative estimate of drug-likeness (QED) is 0.286. The molecule has 1 aliphatic rings. The van der Waals surface area contributed by atoms with Crippen LogP contribution in [0.1, 0.15) is 53.8 Å². The number of rotatable bonds is 8. The second-order valence-corrected chi connectivity index (χ2v) is 9.01. The normalized spacial score (nSPS) is 13.6. The first-order valence-electron chi connectivity index (χ1n) is 10.7. The summed E-state index contributed by atoms with van der Waals surface area (Å²) < 4.78 is 1.67. The highest BCUT2D eigenvalue weighted by Crippen LogP contribution is 2.25. The molecule has 9 heteroatoms. The van der Waals surface area contributed by atoms with Crippen LogP contribution in [0.4, 0.5) is 0 Å². The van der Waals surface area contributed by atoms with Gasteiger partial charge in [-0.3, -0.25) is 4.79 Å². The fourth-order valence-corrected chi connectivity index (χ4v) is 4.54. The Morgan fingerprint density at radius 2 is 2.09 bits per heavy atom. The molecule has 2 aromatic heterocycles. The van der Waals surface area contributed by atoms with Gasteiger partial charge in [-0.15, -0.1) is 5.10 Å². The number of amides is 1. The predicted octanol–water partition coefficient (Wildman–Crippen LogP) is 4.93. The molecule has 0 radical (unpaired) electrons. The van der Waals surface area contributed by atoms with Crippen molar-refractivity contribution in [3.05, 3.63) is 70.3 Å². The van der Waals surface area contributed by atoms with Crippen molar-refractivity contribution in [2.24, 2.45) is 0 Å². The number of thioether (sulfide) groups is 1. The van der Waals surface area contributed by atoms with Crippen molar-refractivity contribution in [2.45, 2.75) is 49.9 Å². The van der Waals surface area contributed by atoms with Gasteiger partial charge in [-0.05, 0) is 62.8 Å². The van der Waals surface area contributed by atoms with Gasteiger partial charge in [0.05, 0.1) is 11.4 Å². The molecule has 4 rings (SSSR count). The Labute approximate surface area is 196 Å². The first-order chi connectivity index (χ1) is 15.6. The van der Waals surface area contributed by atoms with Crippen molar-refractivity contribution in [1.82, 2.24) is 30.3 Å². The summed E-state index contributed by atoms with van der Waals surface area (Å²) in [5.74, 6) is 0.214. The van der Waals surface area contributed by atoms with Gasteiger partial charge in [-0.1, -0.05) is 46.3 Å².